The number of para-hydroxylation sites is 2. The summed E-state index contributed by atoms with van der Waals surface area (Å²) in [5.41, 5.74) is 3.59. The fourth-order valence-corrected chi connectivity index (χ4v) is 1.67. The molecule has 0 spiro atoms. The molecule has 0 heterocycles. The van der Waals surface area contributed by atoms with Crippen LogP contribution in [0.4, 0.5) is 11.4 Å². The van der Waals surface area contributed by atoms with Crippen LogP contribution in [0.1, 0.15) is 5.56 Å². The summed E-state index contributed by atoms with van der Waals surface area (Å²) in [4.78, 5) is 0. The van der Waals surface area contributed by atoms with E-state index in [1.807, 2.05) is 31.3 Å². The van der Waals surface area contributed by atoms with Gasteiger partial charge in [0.05, 0.1) is 0 Å². The quantitative estimate of drug-likeness (QED) is 0.812. The van der Waals surface area contributed by atoms with Gasteiger partial charge < -0.3 is 10.6 Å². The molecule has 82 valence electrons. The highest BCUT2D eigenvalue weighted by molar-refractivity contribution is 5.53. The molecule has 0 aliphatic carbocycles. The fourth-order valence-electron chi connectivity index (χ4n) is 1.67. The molecule has 2 aromatic carbocycles. The molecule has 0 saturated heterocycles. The predicted octanol–water partition coefficient (Wildman–Crippen LogP) is 3.34. The highest BCUT2D eigenvalue weighted by Gasteiger charge is 1.98. The molecule has 0 bridgehead atoms. The topological polar surface area (TPSA) is 24.1 Å². The lowest BCUT2D eigenvalue weighted by Gasteiger charge is -2.10. The Morgan fingerprint density at radius 2 is 1.56 bits per heavy atom. The second-order valence-electron chi connectivity index (χ2n) is 3.63. The highest BCUT2D eigenvalue weighted by Crippen LogP contribution is 2.16. The molecule has 0 radical (unpaired) electrons. The SMILES string of the molecule is CNc1ccccc1CNc1ccccc1. The summed E-state index contributed by atoms with van der Waals surface area (Å²) < 4.78 is 0. The van der Waals surface area contributed by atoms with Crippen molar-refractivity contribution in [1.82, 2.24) is 0 Å². The number of nitrogens with one attached hydrogen (secondary N) is 2. The molecular weight excluding hydrogens is 196 g/mol. The number of rotatable bonds is 4. The minimum absolute atomic E-state index is 0.834. The van der Waals surface area contributed by atoms with Gasteiger partial charge in [0, 0.05) is 25.0 Å². The van der Waals surface area contributed by atoms with E-state index in [1.165, 1.54) is 11.3 Å². The number of anilines is 2. The summed E-state index contributed by atoms with van der Waals surface area (Å²) in [6, 6.07) is 18.5. The first-order valence-corrected chi connectivity index (χ1v) is 5.45. The van der Waals surface area contributed by atoms with Crippen molar-refractivity contribution in [3.63, 3.8) is 0 Å². The van der Waals surface area contributed by atoms with Crippen LogP contribution < -0.4 is 10.6 Å². The molecule has 0 amide bonds. The summed E-state index contributed by atoms with van der Waals surface area (Å²) in [7, 11) is 1.95. The Balaban J connectivity index is 2.05. The Morgan fingerprint density at radius 3 is 2.31 bits per heavy atom. The summed E-state index contributed by atoms with van der Waals surface area (Å²) in [6.45, 7) is 0.834. The lowest BCUT2D eigenvalue weighted by Crippen LogP contribution is -2.02. The van der Waals surface area contributed by atoms with Gasteiger partial charge in [-0.3, -0.25) is 0 Å². The summed E-state index contributed by atoms with van der Waals surface area (Å²) in [6.07, 6.45) is 0. The number of benzene rings is 2. The smallest absolute Gasteiger partial charge is 0.0421 e. The lowest BCUT2D eigenvalue weighted by molar-refractivity contribution is 1.15. The van der Waals surface area contributed by atoms with E-state index in [4.69, 9.17) is 0 Å². The van der Waals surface area contributed by atoms with Crippen LogP contribution in [0.5, 0.6) is 0 Å². The van der Waals surface area contributed by atoms with E-state index >= 15 is 0 Å². The van der Waals surface area contributed by atoms with Gasteiger partial charge in [-0.15, -0.1) is 0 Å². The summed E-state index contributed by atoms with van der Waals surface area (Å²) in [5, 5.41) is 6.59. The van der Waals surface area contributed by atoms with E-state index in [9.17, 15) is 0 Å². The zero-order valence-corrected chi connectivity index (χ0v) is 9.40. The van der Waals surface area contributed by atoms with E-state index in [1.54, 1.807) is 0 Å². The normalized spacial score (nSPS) is 9.81. The third-order valence-corrected chi connectivity index (χ3v) is 2.54. The predicted molar refractivity (Wildman–Crippen MR) is 69.8 cm³/mol. The number of hydrogen-bond acceptors (Lipinski definition) is 2. The summed E-state index contributed by atoms with van der Waals surface area (Å²) >= 11 is 0. The van der Waals surface area contributed by atoms with Crippen LogP contribution in [0.3, 0.4) is 0 Å². The maximum Gasteiger partial charge on any atom is 0.0421 e. The molecule has 0 fully saturated rings. The summed E-state index contributed by atoms with van der Waals surface area (Å²) in [5.74, 6) is 0. The molecule has 16 heavy (non-hydrogen) atoms. The van der Waals surface area contributed by atoms with Crippen LogP contribution >= 0.6 is 0 Å². The first kappa shape index (κ1) is 10.6. The molecule has 2 nitrogen and oxygen atoms in total. The van der Waals surface area contributed by atoms with Crippen molar-refractivity contribution < 1.29 is 0 Å². The Hall–Kier alpha value is -1.96. The van der Waals surface area contributed by atoms with Gasteiger partial charge >= 0.3 is 0 Å². The largest absolute Gasteiger partial charge is 0.388 e. The lowest BCUT2D eigenvalue weighted by atomic mass is 10.1. The van der Waals surface area contributed by atoms with Crippen LogP contribution in [0.15, 0.2) is 54.6 Å². The molecule has 0 saturated carbocycles. The zero-order chi connectivity index (χ0) is 11.2. The Morgan fingerprint density at radius 1 is 0.875 bits per heavy atom. The molecule has 2 rings (SSSR count). The molecule has 0 aliphatic heterocycles. The average Bonchev–Trinajstić information content (AvgIpc) is 2.38. The Kier molecular flexibility index (Phi) is 3.44. The van der Waals surface area contributed by atoms with Gasteiger partial charge in [0.2, 0.25) is 0 Å². The van der Waals surface area contributed by atoms with Gasteiger partial charge in [0.15, 0.2) is 0 Å². The van der Waals surface area contributed by atoms with Gasteiger partial charge in [-0.2, -0.15) is 0 Å². The van der Waals surface area contributed by atoms with Crippen LogP contribution in [-0.2, 0) is 6.54 Å². The molecule has 2 heteroatoms. The van der Waals surface area contributed by atoms with Crippen molar-refractivity contribution in [2.75, 3.05) is 17.7 Å². The second-order valence-corrected chi connectivity index (χ2v) is 3.63. The Bertz CT molecular complexity index is 437. The van der Waals surface area contributed by atoms with Crippen LogP contribution in [-0.4, -0.2) is 7.05 Å². The van der Waals surface area contributed by atoms with Gasteiger partial charge in [0.1, 0.15) is 0 Å². The van der Waals surface area contributed by atoms with E-state index < -0.39 is 0 Å². The van der Waals surface area contributed by atoms with Crippen LogP contribution in [0.25, 0.3) is 0 Å². The maximum absolute atomic E-state index is 3.40. The fraction of sp³-hybridized carbons (Fsp3) is 0.143. The third-order valence-electron chi connectivity index (χ3n) is 2.54. The molecule has 0 aliphatic rings. The zero-order valence-electron chi connectivity index (χ0n) is 9.40. The molecule has 0 unspecified atom stereocenters. The minimum atomic E-state index is 0.834. The van der Waals surface area contributed by atoms with Gasteiger partial charge in [-0.1, -0.05) is 36.4 Å². The van der Waals surface area contributed by atoms with Gasteiger partial charge in [-0.25, -0.2) is 0 Å². The molecule has 2 aromatic rings. The molecule has 2 N–H and O–H groups in total. The van der Waals surface area contributed by atoms with E-state index in [-0.39, 0.29) is 0 Å². The maximum atomic E-state index is 3.40. The van der Waals surface area contributed by atoms with Crippen molar-refractivity contribution in [2.45, 2.75) is 6.54 Å². The minimum Gasteiger partial charge on any atom is -0.388 e. The van der Waals surface area contributed by atoms with E-state index in [0.717, 1.165) is 12.2 Å². The van der Waals surface area contributed by atoms with Crippen molar-refractivity contribution in [1.29, 1.82) is 0 Å². The van der Waals surface area contributed by atoms with Crippen LogP contribution in [0, 0.1) is 0 Å². The Labute approximate surface area is 96.3 Å². The monoisotopic (exact) mass is 212 g/mol. The van der Waals surface area contributed by atoms with E-state index in [0.29, 0.717) is 0 Å². The number of hydrogen-bond donors (Lipinski definition) is 2. The first-order valence-electron chi connectivity index (χ1n) is 5.45. The molecular formula is C14H16N2. The molecule has 0 atom stereocenters. The van der Waals surface area contributed by atoms with Crippen molar-refractivity contribution >= 4 is 11.4 Å². The second kappa shape index (κ2) is 5.21. The van der Waals surface area contributed by atoms with Crippen molar-refractivity contribution in [3.8, 4) is 0 Å². The molecule has 0 aromatic heterocycles. The van der Waals surface area contributed by atoms with Gasteiger partial charge in [0.25, 0.3) is 0 Å². The van der Waals surface area contributed by atoms with Gasteiger partial charge in [-0.05, 0) is 23.8 Å². The van der Waals surface area contributed by atoms with Crippen LogP contribution in [0.2, 0.25) is 0 Å². The highest BCUT2D eigenvalue weighted by atomic mass is 14.9. The average molecular weight is 212 g/mol. The van der Waals surface area contributed by atoms with Crippen molar-refractivity contribution in [3.05, 3.63) is 60.2 Å². The van der Waals surface area contributed by atoms with E-state index in [2.05, 4.69) is 41.0 Å². The van der Waals surface area contributed by atoms with Crippen molar-refractivity contribution in [2.24, 2.45) is 0 Å². The first-order chi connectivity index (χ1) is 7.90. The third kappa shape index (κ3) is 2.54. The standard InChI is InChI=1S/C14H16N2/c1-15-14-10-6-5-7-12(14)11-16-13-8-3-2-4-9-13/h2-10,15-16H,11H2,1H3.